The first kappa shape index (κ1) is 18.6. The van der Waals surface area contributed by atoms with E-state index in [-0.39, 0.29) is 22.5 Å². The first-order chi connectivity index (χ1) is 11.8. The SMILES string of the molecule is COc1ccc(S(=O)(=O)[C@H]2CS(=O)(=O)C[C@@H]2NC[C@@H]2CCCO2)cc1. The minimum Gasteiger partial charge on any atom is -0.497 e. The van der Waals surface area contributed by atoms with Crippen molar-refractivity contribution in [3.05, 3.63) is 24.3 Å². The second-order valence-electron chi connectivity index (χ2n) is 6.49. The maximum Gasteiger partial charge on any atom is 0.183 e. The second kappa shape index (κ2) is 7.22. The van der Waals surface area contributed by atoms with Crippen LogP contribution in [0.15, 0.2) is 29.2 Å². The number of hydrogen-bond donors (Lipinski definition) is 1. The Hall–Kier alpha value is -1.16. The van der Waals surface area contributed by atoms with Gasteiger partial charge in [-0.1, -0.05) is 0 Å². The highest BCUT2D eigenvalue weighted by atomic mass is 32.2. The molecule has 0 aliphatic carbocycles. The van der Waals surface area contributed by atoms with Crippen LogP contribution < -0.4 is 10.1 Å². The topological polar surface area (TPSA) is 98.8 Å². The zero-order valence-corrected chi connectivity index (χ0v) is 15.7. The molecule has 0 aromatic heterocycles. The average molecular weight is 389 g/mol. The molecule has 25 heavy (non-hydrogen) atoms. The van der Waals surface area contributed by atoms with Crippen LogP contribution in [0.5, 0.6) is 5.75 Å². The van der Waals surface area contributed by atoms with Crippen LogP contribution in [0.25, 0.3) is 0 Å². The van der Waals surface area contributed by atoms with Crippen LogP contribution in [-0.4, -0.2) is 66.0 Å². The van der Waals surface area contributed by atoms with Gasteiger partial charge < -0.3 is 14.8 Å². The quantitative estimate of drug-likeness (QED) is 0.752. The van der Waals surface area contributed by atoms with Crippen molar-refractivity contribution in [2.75, 3.05) is 31.8 Å². The summed E-state index contributed by atoms with van der Waals surface area (Å²) in [6.45, 7) is 1.16. The smallest absolute Gasteiger partial charge is 0.183 e. The van der Waals surface area contributed by atoms with Crippen molar-refractivity contribution < 1.29 is 26.3 Å². The zero-order valence-electron chi connectivity index (χ0n) is 14.1. The molecule has 0 saturated carbocycles. The molecule has 0 spiro atoms. The molecule has 0 bridgehead atoms. The van der Waals surface area contributed by atoms with Crippen molar-refractivity contribution in [2.45, 2.75) is 35.1 Å². The Labute approximate surface area is 148 Å². The van der Waals surface area contributed by atoms with Gasteiger partial charge in [0.25, 0.3) is 0 Å². The van der Waals surface area contributed by atoms with Gasteiger partial charge in [0.1, 0.15) is 5.75 Å². The first-order valence-electron chi connectivity index (χ1n) is 8.25. The van der Waals surface area contributed by atoms with Crippen molar-refractivity contribution in [1.29, 1.82) is 0 Å². The number of benzene rings is 1. The Balaban J connectivity index is 1.80. The highest BCUT2D eigenvalue weighted by Crippen LogP contribution is 2.27. The molecule has 2 aliphatic heterocycles. The summed E-state index contributed by atoms with van der Waals surface area (Å²) in [4.78, 5) is 0.110. The van der Waals surface area contributed by atoms with E-state index in [1.807, 2.05) is 0 Å². The lowest BCUT2D eigenvalue weighted by atomic mass is 10.2. The maximum absolute atomic E-state index is 13.0. The monoisotopic (exact) mass is 389 g/mol. The van der Waals surface area contributed by atoms with Gasteiger partial charge in [-0.2, -0.15) is 0 Å². The lowest BCUT2D eigenvalue weighted by Crippen LogP contribution is -2.45. The van der Waals surface area contributed by atoms with Crippen molar-refractivity contribution >= 4 is 19.7 Å². The first-order valence-corrected chi connectivity index (χ1v) is 11.6. The summed E-state index contributed by atoms with van der Waals surface area (Å²) >= 11 is 0. The van der Waals surface area contributed by atoms with Crippen LogP contribution in [0.2, 0.25) is 0 Å². The summed E-state index contributed by atoms with van der Waals surface area (Å²) in [7, 11) is -5.67. The molecule has 7 nitrogen and oxygen atoms in total. The lowest BCUT2D eigenvalue weighted by Gasteiger charge is -2.21. The fraction of sp³-hybridized carbons (Fsp3) is 0.625. The van der Waals surface area contributed by atoms with Gasteiger partial charge in [0.05, 0.1) is 34.9 Å². The molecule has 3 atom stereocenters. The molecule has 0 unspecified atom stereocenters. The predicted octanol–water partition coefficient (Wildman–Crippen LogP) is 0.403. The van der Waals surface area contributed by atoms with Crippen LogP contribution in [0, 0.1) is 0 Å². The maximum atomic E-state index is 13.0. The van der Waals surface area contributed by atoms with E-state index in [2.05, 4.69) is 5.32 Å². The predicted molar refractivity (Wildman–Crippen MR) is 93.4 cm³/mol. The molecule has 9 heteroatoms. The molecule has 1 N–H and O–H groups in total. The third-order valence-electron chi connectivity index (χ3n) is 4.72. The molecular formula is C16H23NO6S2. The number of ether oxygens (including phenoxy) is 2. The number of methoxy groups -OCH3 is 1. The van der Waals surface area contributed by atoms with E-state index in [4.69, 9.17) is 9.47 Å². The molecule has 2 saturated heterocycles. The third-order valence-corrected chi connectivity index (χ3v) is 8.89. The molecule has 0 amide bonds. The van der Waals surface area contributed by atoms with Crippen LogP contribution in [0.1, 0.15) is 12.8 Å². The van der Waals surface area contributed by atoms with Crippen LogP contribution >= 0.6 is 0 Å². The van der Waals surface area contributed by atoms with Gasteiger partial charge >= 0.3 is 0 Å². The van der Waals surface area contributed by atoms with E-state index in [0.29, 0.717) is 18.9 Å². The highest BCUT2D eigenvalue weighted by molar-refractivity contribution is 7.96. The van der Waals surface area contributed by atoms with Crippen LogP contribution in [0.3, 0.4) is 0 Å². The molecule has 2 aliphatic rings. The minimum atomic E-state index is -3.77. The van der Waals surface area contributed by atoms with Crippen molar-refractivity contribution in [3.63, 3.8) is 0 Å². The molecular weight excluding hydrogens is 366 g/mol. The van der Waals surface area contributed by atoms with Crippen LogP contribution in [-0.2, 0) is 24.4 Å². The molecule has 0 radical (unpaired) electrons. The van der Waals surface area contributed by atoms with Gasteiger partial charge in [0.2, 0.25) is 0 Å². The highest BCUT2D eigenvalue weighted by Gasteiger charge is 2.45. The minimum absolute atomic E-state index is 0.0210. The van der Waals surface area contributed by atoms with Crippen molar-refractivity contribution in [3.8, 4) is 5.75 Å². The van der Waals surface area contributed by atoms with Gasteiger partial charge in [-0.3, -0.25) is 0 Å². The van der Waals surface area contributed by atoms with Gasteiger partial charge in [-0.05, 0) is 37.1 Å². The van der Waals surface area contributed by atoms with Gasteiger partial charge in [0.15, 0.2) is 19.7 Å². The largest absolute Gasteiger partial charge is 0.497 e. The Morgan fingerprint density at radius 2 is 1.96 bits per heavy atom. The normalized spacial score (nSPS) is 28.9. The zero-order chi connectivity index (χ0) is 18.1. The summed E-state index contributed by atoms with van der Waals surface area (Å²) in [6, 6.07) is 5.41. The second-order valence-corrected chi connectivity index (χ2v) is 10.8. The standard InChI is InChI=1S/C16H23NO6S2/c1-22-12-4-6-14(7-5-12)25(20,21)16-11-24(18,19)10-15(16)17-9-13-3-2-8-23-13/h4-7,13,15-17H,2-3,8-11H2,1H3/t13-,15-,16-/m0/s1. The van der Waals surface area contributed by atoms with Crippen molar-refractivity contribution in [1.82, 2.24) is 5.32 Å². The van der Waals surface area contributed by atoms with Gasteiger partial charge in [-0.25, -0.2) is 16.8 Å². The summed E-state index contributed by atoms with van der Waals surface area (Å²) < 4.78 is 60.6. The van der Waals surface area contributed by atoms with E-state index in [1.54, 1.807) is 12.1 Å². The Morgan fingerprint density at radius 3 is 2.56 bits per heavy atom. The summed E-state index contributed by atoms with van der Waals surface area (Å²) in [5.41, 5.74) is 0. The number of nitrogens with one attached hydrogen (secondary N) is 1. The molecule has 2 heterocycles. The molecule has 1 aromatic carbocycles. The van der Waals surface area contributed by atoms with Crippen LogP contribution in [0.4, 0.5) is 0 Å². The number of rotatable bonds is 6. The Bertz CT molecular complexity index is 798. The number of sulfone groups is 2. The summed E-state index contributed by atoms with van der Waals surface area (Å²) in [5, 5.41) is 2.13. The van der Waals surface area contributed by atoms with E-state index in [9.17, 15) is 16.8 Å². The average Bonchev–Trinajstić information content (AvgIpc) is 3.20. The van der Waals surface area contributed by atoms with E-state index in [0.717, 1.165) is 12.8 Å². The molecule has 2 fully saturated rings. The Kier molecular flexibility index (Phi) is 5.38. The third kappa shape index (κ3) is 4.16. The van der Waals surface area contributed by atoms with Gasteiger partial charge in [0, 0.05) is 19.2 Å². The van der Waals surface area contributed by atoms with Crippen molar-refractivity contribution in [2.24, 2.45) is 0 Å². The number of hydrogen-bond acceptors (Lipinski definition) is 7. The fourth-order valence-corrected chi connectivity index (χ4v) is 8.06. The fourth-order valence-electron chi connectivity index (χ4n) is 3.34. The molecule has 1 aromatic rings. The van der Waals surface area contributed by atoms with E-state index in [1.165, 1.54) is 19.2 Å². The van der Waals surface area contributed by atoms with E-state index < -0.39 is 31.0 Å². The van der Waals surface area contributed by atoms with Gasteiger partial charge in [-0.15, -0.1) is 0 Å². The summed E-state index contributed by atoms with van der Waals surface area (Å²) in [6.07, 6.45) is 1.90. The molecule has 140 valence electrons. The Morgan fingerprint density at radius 1 is 1.24 bits per heavy atom. The molecule has 3 rings (SSSR count). The van der Waals surface area contributed by atoms with E-state index >= 15 is 0 Å². The summed E-state index contributed by atoms with van der Waals surface area (Å²) in [5.74, 6) is 0.0238. The lowest BCUT2D eigenvalue weighted by molar-refractivity contribution is 0.108.